The molecule has 0 aliphatic heterocycles. The summed E-state index contributed by atoms with van der Waals surface area (Å²) in [6.07, 6.45) is 2.35. The molecule has 0 heterocycles. The van der Waals surface area contributed by atoms with Gasteiger partial charge in [-0.15, -0.1) is 0 Å². The van der Waals surface area contributed by atoms with Crippen LogP contribution in [0, 0.1) is 5.92 Å². The normalized spacial score (nSPS) is 16.7. The third-order valence-electron chi connectivity index (χ3n) is 3.38. The van der Waals surface area contributed by atoms with Crippen molar-refractivity contribution in [3.8, 4) is 0 Å². The van der Waals surface area contributed by atoms with Crippen LogP contribution in [-0.2, 0) is 8.85 Å². The lowest BCUT2D eigenvalue weighted by atomic mass is 10.2. The lowest BCUT2D eigenvalue weighted by molar-refractivity contribution is 0.222. The van der Waals surface area contributed by atoms with E-state index in [1.165, 1.54) is 6.42 Å². The van der Waals surface area contributed by atoms with E-state index in [1.807, 2.05) is 14.2 Å². The van der Waals surface area contributed by atoms with Crippen molar-refractivity contribution in [1.82, 2.24) is 0 Å². The van der Waals surface area contributed by atoms with Crippen LogP contribution in [0.4, 0.5) is 0 Å². The topological polar surface area (TPSA) is 18.5 Å². The van der Waals surface area contributed by atoms with E-state index < -0.39 is 8.56 Å². The Labute approximate surface area is 90.2 Å². The molecular weight excluding hydrogens is 192 g/mol. The summed E-state index contributed by atoms with van der Waals surface area (Å²) in [6.45, 7) is 8.97. The smallest absolute Gasteiger partial charge is 0.340 e. The van der Waals surface area contributed by atoms with Gasteiger partial charge >= 0.3 is 8.56 Å². The standard InChI is InChI=1S/C11H26O2Si/c1-7-10(3)9-14(12-5,13-6)11(4)8-2/h10-11H,7-9H2,1-6H3. The zero-order valence-electron chi connectivity index (χ0n) is 10.6. The van der Waals surface area contributed by atoms with Gasteiger partial charge in [-0.25, -0.2) is 0 Å². The largest absolute Gasteiger partial charge is 0.397 e. The van der Waals surface area contributed by atoms with Gasteiger partial charge in [0.25, 0.3) is 0 Å². The van der Waals surface area contributed by atoms with E-state index in [0.29, 0.717) is 11.5 Å². The van der Waals surface area contributed by atoms with Crippen LogP contribution in [0.2, 0.25) is 11.6 Å². The van der Waals surface area contributed by atoms with E-state index >= 15 is 0 Å². The average molecular weight is 218 g/mol. The van der Waals surface area contributed by atoms with Gasteiger partial charge in [-0.3, -0.25) is 0 Å². The van der Waals surface area contributed by atoms with Crippen LogP contribution in [0.15, 0.2) is 0 Å². The molecule has 0 aliphatic rings. The Morgan fingerprint density at radius 2 is 1.50 bits per heavy atom. The van der Waals surface area contributed by atoms with Crippen molar-refractivity contribution in [3.05, 3.63) is 0 Å². The van der Waals surface area contributed by atoms with Gasteiger partial charge in [-0.1, -0.05) is 40.5 Å². The van der Waals surface area contributed by atoms with Crippen LogP contribution in [0.5, 0.6) is 0 Å². The lowest BCUT2D eigenvalue weighted by Crippen LogP contribution is -2.45. The molecule has 0 fully saturated rings. The molecule has 0 aliphatic carbocycles. The second-order valence-electron chi connectivity index (χ2n) is 4.25. The van der Waals surface area contributed by atoms with Crippen LogP contribution >= 0.6 is 0 Å². The molecule has 0 saturated carbocycles. The minimum Gasteiger partial charge on any atom is -0.397 e. The first-order chi connectivity index (χ1) is 6.56. The Kier molecular flexibility index (Phi) is 6.65. The molecule has 0 saturated heterocycles. The molecule has 2 atom stereocenters. The van der Waals surface area contributed by atoms with Crippen molar-refractivity contribution in [1.29, 1.82) is 0 Å². The van der Waals surface area contributed by atoms with E-state index in [0.717, 1.165) is 12.5 Å². The zero-order valence-corrected chi connectivity index (χ0v) is 11.6. The van der Waals surface area contributed by atoms with Crippen LogP contribution in [0.3, 0.4) is 0 Å². The van der Waals surface area contributed by atoms with Crippen LogP contribution in [0.1, 0.15) is 40.5 Å². The first-order valence-corrected chi connectivity index (χ1v) is 7.76. The summed E-state index contributed by atoms with van der Waals surface area (Å²) >= 11 is 0. The molecule has 0 aromatic carbocycles. The van der Waals surface area contributed by atoms with Crippen molar-refractivity contribution in [2.75, 3.05) is 14.2 Å². The molecule has 0 spiro atoms. The van der Waals surface area contributed by atoms with Gasteiger partial charge in [0.2, 0.25) is 0 Å². The quantitative estimate of drug-likeness (QED) is 0.608. The van der Waals surface area contributed by atoms with Crippen molar-refractivity contribution in [2.45, 2.75) is 52.1 Å². The maximum Gasteiger partial charge on any atom is 0.340 e. The molecule has 14 heavy (non-hydrogen) atoms. The van der Waals surface area contributed by atoms with E-state index in [4.69, 9.17) is 8.85 Å². The van der Waals surface area contributed by atoms with Gasteiger partial charge in [0.1, 0.15) is 0 Å². The highest BCUT2D eigenvalue weighted by Gasteiger charge is 2.41. The zero-order chi connectivity index (χ0) is 11.2. The summed E-state index contributed by atoms with van der Waals surface area (Å²) in [7, 11) is 1.69. The Bertz CT molecular complexity index is 146. The first-order valence-electron chi connectivity index (χ1n) is 5.66. The van der Waals surface area contributed by atoms with Crippen molar-refractivity contribution < 1.29 is 8.85 Å². The summed E-state index contributed by atoms with van der Waals surface area (Å²) in [4.78, 5) is 0. The highest BCUT2D eigenvalue weighted by Crippen LogP contribution is 2.33. The summed E-state index contributed by atoms with van der Waals surface area (Å²) in [6, 6.07) is 1.12. The number of rotatable bonds is 7. The summed E-state index contributed by atoms with van der Waals surface area (Å²) < 4.78 is 11.5. The molecule has 86 valence electrons. The molecule has 2 nitrogen and oxygen atoms in total. The van der Waals surface area contributed by atoms with Gasteiger partial charge in [0.15, 0.2) is 0 Å². The van der Waals surface area contributed by atoms with E-state index in [9.17, 15) is 0 Å². The van der Waals surface area contributed by atoms with E-state index in [1.54, 1.807) is 0 Å². The molecule has 2 unspecified atom stereocenters. The fraction of sp³-hybridized carbons (Fsp3) is 1.00. The average Bonchev–Trinajstić information content (AvgIpc) is 2.24. The molecule has 0 radical (unpaired) electrons. The molecule has 0 amide bonds. The van der Waals surface area contributed by atoms with Gasteiger partial charge in [-0.2, -0.15) is 0 Å². The molecule has 3 heteroatoms. The Hall–Kier alpha value is 0.137. The third kappa shape index (κ3) is 3.37. The number of hydrogen-bond donors (Lipinski definition) is 0. The first kappa shape index (κ1) is 14.1. The van der Waals surface area contributed by atoms with Gasteiger partial charge in [-0.05, 0) is 17.5 Å². The maximum atomic E-state index is 5.73. The molecular formula is C11H26O2Si. The van der Waals surface area contributed by atoms with Gasteiger partial charge < -0.3 is 8.85 Å². The second kappa shape index (κ2) is 6.59. The van der Waals surface area contributed by atoms with Crippen LogP contribution in [-0.4, -0.2) is 22.8 Å². The van der Waals surface area contributed by atoms with Crippen LogP contribution in [0.25, 0.3) is 0 Å². The Balaban J connectivity index is 4.52. The SMILES string of the molecule is CCC(C)C[Si](OC)(OC)C(C)CC. The Morgan fingerprint density at radius 3 is 1.79 bits per heavy atom. The van der Waals surface area contributed by atoms with Crippen molar-refractivity contribution in [3.63, 3.8) is 0 Å². The Morgan fingerprint density at radius 1 is 1.00 bits per heavy atom. The lowest BCUT2D eigenvalue weighted by Gasteiger charge is -2.34. The van der Waals surface area contributed by atoms with Gasteiger partial charge in [0.05, 0.1) is 0 Å². The van der Waals surface area contributed by atoms with Crippen molar-refractivity contribution in [2.24, 2.45) is 5.92 Å². The molecule has 0 aromatic rings. The highest BCUT2D eigenvalue weighted by atomic mass is 28.4. The van der Waals surface area contributed by atoms with Gasteiger partial charge in [0, 0.05) is 14.2 Å². The summed E-state index contributed by atoms with van der Waals surface area (Å²) in [5, 5.41) is 0. The minimum atomic E-state index is -1.93. The predicted molar refractivity (Wildman–Crippen MR) is 63.7 cm³/mol. The van der Waals surface area contributed by atoms with Crippen LogP contribution < -0.4 is 0 Å². The monoisotopic (exact) mass is 218 g/mol. The predicted octanol–water partition coefficient (Wildman–Crippen LogP) is 3.57. The molecule has 0 aromatic heterocycles. The van der Waals surface area contributed by atoms with Crippen molar-refractivity contribution >= 4 is 8.56 Å². The fourth-order valence-electron chi connectivity index (χ4n) is 1.79. The number of hydrogen-bond acceptors (Lipinski definition) is 2. The third-order valence-corrected chi connectivity index (χ3v) is 7.94. The fourth-order valence-corrected chi connectivity index (χ4v) is 5.38. The summed E-state index contributed by atoms with van der Waals surface area (Å²) in [5.74, 6) is 0.704. The molecule has 0 bridgehead atoms. The minimum absolute atomic E-state index is 0.575. The summed E-state index contributed by atoms with van der Waals surface area (Å²) in [5.41, 5.74) is 0.575. The van der Waals surface area contributed by atoms with E-state index in [2.05, 4.69) is 27.7 Å². The molecule has 0 rings (SSSR count). The maximum absolute atomic E-state index is 5.73. The van der Waals surface area contributed by atoms with E-state index in [-0.39, 0.29) is 0 Å². The highest BCUT2D eigenvalue weighted by molar-refractivity contribution is 6.68. The second-order valence-corrected chi connectivity index (χ2v) is 8.08. The molecule has 0 N–H and O–H groups in total.